The number of hydrogen-bond acceptors (Lipinski definition) is 4. The van der Waals surface area contributed by atoms with Crippen LogP contribution in [-0.4, -0.2) is 22.7 Å². The molecule has 3 unspecified atom stereocenters. The third-order valence-corrected chi connectivity index (χ3v) is 4.20. The first kappa shape index (κ1) is 14.9. The van der Waals surface area contributed by atoms with Crippen molar-refractivity contribution in [3.63, 3.8) is 0 Å². The second-order valence-corrected chi connectivity index (χ2v) is 5.46. The normalized spacial score (nSPS) is 23.7. The van der Waals surface area contributed by atoms with E-state index in [0.29, 0.717) is 12.0 Å². The second kappa shape index (κ2) is 6.81. The van der Waals surface area contributed by atoms with Crippen LogP contribution in [0.25, 0.3) is 0 Å². The van der Waals surface area contributed by atoms with Crippen LogP contribution < -0.4 is 5.32 Å². The summed E-state index contributed by atoms with van der Waals surface area (Å²) in [6.07, 6.45) is 4.13. The Bertz CT molecular complexity index is 464. The predicted molar refractivity (Wildman–Crippen MR) is 77.5 cm³/mol. The summed E-state index contributed by atoms with van der Waals surface area (Å²) in [6, 6.07) is 7.23. The molecule has 1 fully saturated rings. The van der Waals surface area contributed by atoms with Crippen molar-refractivity contribution >= 4 is 5.69 Å². The lowest BCUT2D eigenvalue weighted by Gasteiger charge is -2.26. The molecule has 0 aromatic heterocycles. The Balaban J connectivity index is 2.11. The van der Waals surface area contributed by atoms with Crippen LogP contribution in [0, 0.1) is 16.0 Å². The lowest BCUT2D eigenvalue weighted by Crippen LogP contribution is -2.36. The minimum absolute atomic E-state index is 0.104. The highest BCUT2D eigenvalue weighted by molar-refractivity contribution is 5.35. The van der Waals surface area contributed by atoms with Crippen molar-refractivity contribution in [3.8, 4) is 0 Å². The maximum atomic E-state index is 10.9. The lowest BCUT2D eigenvalue weighted by molar-refractivity contribution is -0.384. The molecule has 5 nitrogen and oxygen atoms in total. The van der Waals surface area contributed by atoms with E-state index in [9.17, 15) is 15.2 Å². The van der Waals surface area contributed by atoms with Crippen molar-refractivity contribution in [2.75, 3.05) is 6.61 Å². The van der Waals surface area contributed by atoms with Gasteiger partial charge in [0, 0.05) is 30.8 Å². The summed E-state index contributed by atoms with van der Waals surface area (Å²) < 4.78 is 0. The molecule has 1 aromatic carbocycles. The van der Waals surface area contributed by atoms with E-state index in [-0.39, 0.29) is 23.3 Å². The molecule has 110 valence electrons. The number of nitro groups is 1. The molecule has 3 atom stereocenters. The fraction of sp³-hybridized carbons (Fsp3) is 0.600. The highest BCUT2D eigenvalue weighted by Gasteiger charge is 2.28. The Hall–Kier alpha value is -1.46. The number of aliphatic hydroxyl groups excluding tert-OH is 1. The molecule has 0 spiro atoms. The smallest absolute Gasteiger partial charge is 0.269 e. The van der Waals surface area contributed by atoms with Gasteiger partial charge in [-0.15, -0.1) is 0 Å². The Labute approximate surface area is 119 Å². The summed E-state index contributed by atoms with van der Waals surface area (Å²) in [5.74, 6) is 0.308. The largest absolute Gasteiger partial charge is 0.396 e. The quantitative estimate of drug-likeness (QED) is 0.619. The molecule has 0 amide bonds. The van der Waals surface area contributed by atoms with Crippen LogP contribution >= 0.6 is 0 Å². The standard InChI is InChI=1S/C15H22N2O3/c1-2-14(16-15-8-4-6-12(15)10-18)11-5-3-7-13(9-11)17(19)20/h3,5,7,9,12,14-16,18H,2,4,6,8,10H2,1H3. The van der Waals surface area contributed by atoms with Crippen LogP contribution in [0.2, 0.25) is 0 Å². The van der Waals surface area contributed by atoms with Crippen molar-refractivity contribution in [1.82, 2.24) is 5.32 Å². The first-order valence-electron chi connectivity index (χ1n) is 7.27. The molecule has 0 aliphatic heterocycles. The number of rotatable bonds is 6. The van der Waals surface area contributed by atoms with Crippen LogP contribution in [0.1, 0.15) is 44.2 Å². The molecule has 0 saturated heterocycles. The average molecular weight is 278 g/mol. The Morgan fingerprint density at radius 2 is 2.30 bits per heavy atom. The van der Waals surface area contributed by atoms with E-state index in [1.165, 1.54) is 6.07 Å². The first-order chi connectivity index (χ1) is 9.65. The maximum absolute atomic E-state index is 10.9. The van der Waals surface area contributed by atoms with Crippen LogP contribution in [0.3, 0.4) is 0 Å². The Kier molecular flexibility index (Phi) is 5.09. The number of aliphatic hydroxyl groups is 1. The molecule has 2 rings (SSSR count). The van der Waals surface area contributed by atoms with Gasteiger partial charge in [-0.05, 0) is 30.7 Å². The van der Waals surface area contributed by atoms with Gasteiger partial charge in [-0.3, -0.25) is 10.1 Å². The van der Waals surface area contributed by atoms with Gasteiger partial charge in [-0.1, -0.05) is 25.5 Å². The van der Waals surface area contributed by atoms with Gasteiger partial charge in [0.05, 0.1) is 4.92 Å². The van der Waals surface area contributed by atoms with E-state index in [1.807, 2.05) is 6.07 Å². The summed E-state index contributed by atoms with van der Waals surface area (Å²) in [6.45, 7) is 2.28. The fourth-order valence-corrected chi connectivity index (χ4v) is 3.04. The molecule has 1 aromatic rings. The van der Waals surface area contributed by atoms with Crippen LogP contribution in [0.15, 0.2) is 24.3 Å². The van der Waals surface area contributed by atoms with E-state index in [2.05, 4.69) is 12.2 Å². The molecule has 0 radical (unpaired) electrons. The van der Waals surface area contributed by atoms with Gasteiger partial charge in [0.1, 0.15) is 0 Å². The molecule has 2 N–H and O–H groups in total. The SMILES string of the molecule is CCC(NC1CCCC1CO)c1cccc([N+](=O)[O-])c1. The molecular formula is C15H22N2O3. The maximum Gasteiger partial charge on any atom is 0.269 e. The van der Waals surface area contributed by atoms with E-state index in [1.54, 1.807) is 12.1 Å². The van der Waals surface area contributed by atoms with Gasteiger partial charge in [0.15, 0.2) is 0 Å². The number of hydrogen-bond donors (Lipinski definition) is 2. The summed E-state index contributed by atoms with van der Waals surface area (Å²) in [5.41, 5.74) is 1.08. The van der Waals surface area contributed by atoms with Gasteiger partial charge < -0.3 is 10.4 Å². The number of nitro benzene ring substituents is 1. The van der Waals surface area contributed by atoms with E-state index < -0.39 is 0 Å². The number of nitrogens with zero attached hydrogens (tertiary/aromatic N) is 1. The van der Waals surface area contributed by atoms with Crippen molar-refractivity contribution in [2.45, 2.75) is 44.7 Å². The fourth-order valence-electron chi connectivity index (χ4n) is 3.04. The first-order valence-corrected chi connectivity index (χ1v) is 7.27. The molecule has 1 aliphatic carbocycles. The van der Waals surface area contributed by atoms with Gasteiger partial charge in [0.2, 0.25) is 0 Å². The zero-order chi connectivity index (χ0) is 14.5. The van der Waals surface area contributed by atoms with Crippen LogP contribution in [0.5, 0.6) is 0 Å². The van der Waals surface area contributed by atoms with Crippen molar-refractivity contribution in [2.24, 2.45) is 5.92 Å². The summed E-state index contributed by atoms with van der Waals surface area (Å²) in [7, 11) is 0. The topological polar surface area (TPSA) is 75.4 Å². The molecule has 0 bridgehead atoms. The van der Waals surface area contributed by atoms with Crippen molar-refractivity contribution in [1.29, 1.82) is 0 Å². The van der Waals surface area contributed by atoms with Gasteiger partial charge in [-0.25, -0.2) is 0 Å². The molecule has 20 heavy (non-hydrogen) atoms. The average Bonchev–Trinajstić information content (AvgIpc) is 2.92. The Morgan fingerprint density at radius 3 is 2.95 bits per heavy atom. The zero-order valence-electron chi connectivity index (χ0n) is 11.8. The third kappa shape index (κ3) is 3.35. The summed E-state index contributed by atoms with van der Waals surface area (Å²) >= 11 is 0. The second-order valence-electron chi connectivity index (χ2n) is 5.46. The minimum atomic E-state index is -0.359. The minimum Gasteiger partial charge on any atom is -0.396 e. The molecular weight excluding hydrogens is 256 g/mol. The van der Waals surface area contributed by atoms with Gasteiger partial charge in [0.25, 0.3) is 5.69 Å². The van der Waals surface area contributed by atoms with E-state index in [0.717, 1.165) is 31.2 Å². The van der Waals surface area contributed by atoms with Crippen LogP contribution in [0.4, 0.5) is 5.69 Å². The number of nitrogens with one attached hydrogen (secondary N) is 1. The monoisotopic (exact) mass is 278 g/mol. The Morgan fingerprint density at radius 1 is 1.50 bits per heavy atom. The third-order valence-electron chi connectivity index (χ3n) is 4.20. The zero-order valence-corrected chi connectivity index (χ0v) is 11.8. The molecule has 0 heterocycles. The van der Waals surface area contributed by atoms with Crippen LogP contribution in [-0.2, 0) is 0 Å². The highest BCUT2D eigenvalue weighted by atomic mass is 16.6. The highest BCUT2D eigenvalue weighted by Crippen LogP contribution is 2.29. The number of non-ortho nitro benzene ring substituents is 1. The molecule has 1 saturated carbocycles. The van der Waals surface area contributed by atoms with Gasteiger partial charge in [-0.2, -0.15) is 0 Å². The number of benzene rings is 1. The lowest BCUT2D eigenvalue weighted by atomic mass is 9.99. The van der Waals surface area contributed by atoms with E-state index in [4.69, 9.17) is 0 Å². The molecule has 1 aliphatic rings. The molecule has 5 heteroatoms. The summed E-state index contributed by atoms with van der Waals surface area (Å²) in [5, 5.41) is 23.8. The van der Waals surface area contributed by atoms with Crippen molar-refractivity contribution < 1.29 is 10.0 Å². The van der Waals surface area contributed by atoms with Crippen molar-refractivity contribution in [3.05, 3.63) is 39.9 Å². The summed E-state index contributed by atoms with van der Waals surface area (Å²) in [4.78, 5) is 10.5. The predicted octanol–water partition coefficient (Wildman–Crippen LogP) is 2.80. The van der Waals surface area contributed by atoms with E-state index >= 15 is 0 Å². The van der Waals surface area contributed by atoms with Gasteiger partial charge >= 0.3 is 0 Å².